The van der Waals surface area contributed by atoms with Crippen molar-refractivity contribution in [3.8, 4) is 5.88 Å². The molecule has 0 unspecified atom stereocenters. The lowest BCUT2D eigenvalue weighted by Crippen LogP contribution is -2.52. The second kappa shape index (κ2) is 10.8. The van der Waals surface area contributed by atoms with Crippen molar-refractivity contribution in [1.82, 2.24) is 15.6 Å². The number of hydrogen-bond donors (Lipinski definition) is 3. The van der Waals surface area contributed by atoms with Gasteiger partial charge in [-0.2, -0.15) is 0 Å². The van der Waals surface area contributed by atoms with Crippen molar-refractivity contribution in [2.45, 2.75) is 89.2 Å². The quantitative estimate of drug-likeness (QED) is 0.454. The molecule has 32 heavy (non-hydrogen) atoms. The molecule has 0 saturated heterocycles. The Morgan fingerprint density at radius 3 is 2.78 bits per heavy atom. The van der Waals surface area contributed by atoms with Crippen molar-refractivity contribution in [1.29, 1.82) is 0 Å². The molecular formula is C25H39N3O4. The summed E-state index contributed by atoms with van der Waals surface area (Å²) in [4.78, 5) is 16.9. The molecule has 0 aromatic carbocycles. The van der Waals surface area contributed by atoms with E-state index in [0.29, 0.717) is 24.8 Å². The fourth-order valence-electron chi connectivity index (χ4n) is 4.53. The van der Waals surface area contributed by atoms with Gasteiger partial charge >= 0.3 is 0 Å². The van der Waals surface area contributed by atoms with Crippen molar-refractivity contribution in [3.05, 3.63) is 36.0 Å². The van der Waals surface area contributed by atoms with Crippen LogP contribution in [0.3, 0.4) is 0 Å². The monoisotopic (exact) mass is 445 g/mol. The van der Waals surface area contributed by atoms with Crippen LogP contribution in [-0.2, 0) is 16.0 Å². The molecule has 178 valence electrons. The van der Waals surface area contributed by atoms with Crippen LogP contribution in [0.2, 0.25) is 0 Å². The Labute approximate surface area is 192 Å². The number of fused-ring (bicyclic) bond motifs is 1. The molecule has 1 saturated carbocycles. The topological polar surface area (TPSA) is 92.7 Å². The number of rotatable bonds is 11. The van der Waals surface area contributed by atoms with Crippen LogP contribution in [0.4, 0.5) is 0 Å². The van der Waals surface area contributed by atoms with Crippen molar-refractivity contribution >= 4 is 5.91 Å². The maximum absolute atomic E-state index is 12.3. The Bertz CT molecular complexity index is 793. The van der Waals surface area contributed by atoms with Gasteiger partial charge in [-0.15, -0.1) is 6.58 Å². The van der Waals surface area contributed by atoms with Crippen LogP contribution in [0.25, 0.3) is 0 Å². The molecule has 0 radical (unpaired) electrons. The Morgan fingerprint density at radius 1 is 1.44 bits per heavy atom. The van der Waals surface area contributed by atoms with E-state index in [2.05, 4.69) is 42.1 Å². The van der Waals surface area contributed by atoms with E-state index in [0.717, 1.165) is 31.2 Å². The van der Waals surface area contributed by atoms with E-state index in [-0.39, 0.29) is 17.6 Å². The van der Waals surface area contributed by atoms with E-state index < -0.39 is 18.2 Å². The van der Waals surface area contributed by atoms with Gasteiger partial charge in [0.15, 0.2) is 0 Å². The normalized spacial score (nSPS) is 21.8. The molecule has 2 aliphatic rings. The molecule has 0 bridgehead atoms. The molecule has 1 amide bonds. The maximum atomic E-state index is 12.3. The van der Waals surface area contributed by atoms with Crippen molar-refractivity contribution in [2.75, 3.05) is 13.7 Å². The molecule has 4 atom stereocenters. The van der Waals surface area contributed by atoms with Crippen LogP contribution in [-0.4, -0.2) is 53.5 Å². The largest absolute Gasteiger partial charge is 0.471 e. The average molecular weight is 446 g/mol. The minimum Gasteiger partial charge on any atom is -0.471 e. The van der Waals surface area contributed by atoms with E-state index in [1.807, 2.05) is 6.20 Å². The highest BCUT2D eigenvalue weighted by molar-refractivity contribution is 5.80. The molecule has 3 rings (SSSR count). The summed E-state index contributed by atoms with van der Waals surface area (Å²) in [6.07, 6.45) is 7.82. The van der Waals surface area contributed by atoms with E-state index in [4.69, 9.17) is 9.47 Å². The van der Waals surface area contributed by atoms with Gasteiger partial charge in [-0.05, 0) is 56.6 Å². The number of aliphatic hydroxyl groups excluding tert-OH is 1. The first-order valence-electron chi connectivity index (χ1n) is 11.8. The van der Waals surface area contributed by atoms with Crippen LogP contribution in [0, 0.1) is 5.92 Å². The van der Waals surface area contributed by atoms with Gasteiger partial charge in [-0.1, -0.05) is 19.9 Å². The van der Waals surface area contributed by atoms with E-state index in [1.165, 1.54) is 19.1 Å². The van der Waals surface area contributed by atoms with E-state index in [9.17, 15) is 9.90 Å². The number of ether oxygens (including phenoxy) is 2. The third kappa shape index (κ3) is 5.88. The van der Waals surface area contributed by atoms with Crippen LogP contribution < -0.4 is 15.4 Å². The molecule has 3 N–H and O–H groups in total. The number of nitrogens with zero attached hydrogens (tertiary/aromatic N) is 1. The number of carbonyl (C=O) groups is 1. The first kappa shape index (κ1) is 24.7. The summed E-state index contributed by atoms with van der Waals surface area (Å²) in [7, 11) is 1.49. The molecule has 2 heterocycles. The molecule has 7 heteroatoms. The fourth-order valence-corrected chi connectivity index (χ4v) is 4.53. The molecule has 1 aromatic rings. The number of nitrogens with one attached hydrogen (secondary N) is 2. The summed E-state index contributed by atoms with van der Waals surface area (Å²) >= 11 is 0. The molecule has 1 aliphatic heterocycles. The van der Waals surface area contributed by atoms with Gasteiger partial charge in [0.2, 0.25) is 11.8 Å². The number of pyridine rings is 1. The van der Waals surface area contributed by atoms with Gasteiger partial charge in [-0.3, -0.25) is 4.79 Å². The summed E-state index contributed by atoms with van der Waals surface area (Å²) in [6, 6.07) is 1.81. The summed E-state index contributed by atoms with van der Waals surface area (Å²) in [6.45, 7) is 10.2. The van der Waals surface area contributed by atoms with Crippen LogP contribution in [0.5, 0.6) is 5.88 Å². The van der Waals surface area contributed by atoms with Crippen LogP contribution >= 0.6 is 0 Å². The first-order chi connectivity index (χ1) is 15.3. The minimum absolute atomic E-state index is 0.0475. The lowest BCUT2D eigenvalue weighted by Gasteiger charge is -2.47. The lowest BCUT2D eigenvalue weighted by molar-refractivity contribution is -0.131. The van der Waals surface area contributed by atoms with Gasteiger partial charge < -0.3 is 25.2 Å². The molecule has 1 aliphatic carbocycles. The SMILES string of the molecule is C=CC[C@H](NC(=O)[C@@H](C)OC)[C@H](O)CN[C@H]1CC2(CCC2)Oc2ncc(CC(C)C)cc21. The first-order valence-corrected chi connectivity index (χ1v) is 11.8. The molecule has 1 fully saturated rings. The van der Waals surface area contributed by atoms with Gasteiger partial charge in [0.25, 0.3) is 0 Å². The van der Waals surface area contributed by atoms with E-state index >= 15 is 0 Å². The lowest BCUT2D eigenvalue weighted by atomic mass is 9.73. The number of hydrogen-bond acceptors (Lipinski definition) is 6. The highest BCUT2D eigenvalue weighted by Crippen LogP contribution is 2.48. The maximum Gasteiger partial charge on any atom is 0.249 e. The number of aromatic nitrogens is 1. The smallest absolute Gasteiger partial charge is 0.249 e. The van der Waals surface area contributed by atoms with Crippen molar-refractivity contribution in [3.63, 3.8) is 0 Å². The summed E-state index contributed by atoms with van der Waals surface area (Å²) in [5, 5.41) is 17.3. The molecule has 7 nitrogen and oxygen atoms in total. The second-order valence-electron chi connectivity index (χ2n) is 9.72. The zero-order valence-corrected chi connectivity index (χ0v) is 19.9. The van der Waals surface area contributed by atoms with Crippen molar-refractivity contribution < 1.29 is 19.4 Å². The highest BCUT2D eigenvalue weighted by Gasteiger charge is 2.46. The summed E-state index contributed by atoms with van der Waals surface area (Å²) < 4.78 is 11.4. The fraction of sp³-hybridized carbons (Fsp3) is 0.680. The second-order valence-corrected chi connectivity index (χ2v) is 9.72. The predicted octanol–water partition coefficient (Wildman–Crippen LogP) is 3.07. The third-order valence-corrected chi connectivity index (χ3v) is 6.62. The Morgan fingerprint density at radius 2 is 2.19 bits per heavy atom. The van der Waals surface area contributed by atoms with Crippen LogP contribution in [0.15, 0.2) is 24.9 Å². The van der Waals surface area contributed by atoms with Gasteiger partial charge in [0.1, 0.15) is 11.7 Å². The standard InChI is InChI=1S/C25H39N3O4/c1-6-8-20(28-23(30)17(4)31-5)22(29)15-26-21-13-25(9-7-10-25)32-24-19(21)12-18(14-27-24)11-16(2)3/h6,12,14,16-17,20-22,26,29H,1,7-11,13,15H2,2-5H3,(H,28,30)/t17-,20+,21+,22-/m1/s1. The number of carbonyl (C=O) groups excluding carboxylic acids is 1. The zero-order chi connectivity index (χ0) is 23.3. The number of methoxy groups -OCH3 is 1. The summed E-state index contributed by atoms with van der Waals surface area (Å²) in [5.41, 5.74) is 2.11. The number of amides is 1. The van der Waals surface area contributed by atoms with E-state index in [1.54, 1.807) is 13.0 Å². The average Bonchev–Trinajstić information content (AvgIpc) is 2.74. The zero-order valence-electron chi connectivity index (χ0n) is 19.9. The molecule has 1 aromatic heterocycles. The third-order valence-electron chi connectivity index (χ3n) is 6.62. The predicted molar refractivity (Wildman–Crippen MR) is 125 cm³/mol. The summed E-state index contributed by atoms with van der Waals surface area (Å²) in [5.74, 6) is 1.01. The number of aliphatic hydroxyl groups is 1. The van der Waals surface area contributed by atoms with Crippen molar-refractivity contribution in [2.24, 2.45) is 5.92 Å². The van der Waals surface area contributed by atoms with Crippen LogP contribution in [0.1, 0.15) is 70.0 Å². The van der Waals surface area contributed by atoms with Gasteiger partial charge in [-0.25, -0.2) is 4.98 Å². The Kier molecular flexibility index (Phi) is 8.31. The minimum atomic E-state index is -0.767. The molecule has 1 spiro atoms. The Balaban J connectivity index is 1.72. The Hall–Kier alpha value is -1.96. The highest BCUT2D eigenvalue weighted by atomic mass is 16.5. The molecular weight excluding hydrogens is 406 g/mol. The van der Waals surface area contributed by atoms with Gasteiger partial charge in [0.05, 0.1) is 12.1 Å². The van der Waals surface area contributed by atoms with Gasteiger partial charge in [0, 0.05) is 37.9 Å².